The second-order valence-electron chi connectivity index (χ2n) is 15.0. The molecule has 0 N–H and O–H groups in total. The summed E-state index contributed by atoms with van der Waals surface area (Å²) in [6, 6.07) is 48.1. The van der Waals surface area contributed by atoms with Crippen LogP contribution in [0.5, 0.6) is 0 Å². The summed E-state index contributed by atoms with van der Waals surface area (Å²) in [6.45, 7) is 14.6. The second kappa shape index (κ2) is 9.85. The van der Waals surface area contributed by atoms with Gasteiger partial charge in [-0.2, -0.15) is 0 Å². The largest absolute Gasteiger partial charge is 0.309 e. The van der Waals surface area contributed by atoms with E-state index in [9.17, 15) is 0 Å². The number of nitrogens with zero attached hydrogens (tertiary/aromatic N) is 1. The van der Waals surface area contributed by atoms with E-state index in [0.717, 1.165) is 0 Å². The van der Waals surface area contributed by atoms with Gasteiger partial charge in [0.05, 0.1) is 5.69 Å². The molecule has 0 fully saturated rings. The van der Waals surface area contributed by atoms with Crippen LogP contribution in [0.1, 0.15) is 49.9 Å². The smallest absolute Gasteiger partial charge is 0.115 e. The van der Waals surface area contributed by atoms with Gasteiger partial charge in [0.15, 0.2) is 0 Å². The molecular weight excluding hydrogens is 603 g/mol. The van der Waals surface area contributed by atoms with Crippen molar-refractivity contribution in [2.24, 2.45) is 0 Å². The van der Waals surface area contributed by atoms with Gasteiger partial charge in [0.1, 0.15) is 8.07 Å². The van der Waals surface area contributed by atoms with Crippen molar-refractivity contribution in [2.75, 3.05) is 4.90 Å². The molecule has 2 aliphatic carbocycles. The first-order valence-corrected chi connectivity index (χ1v) is 20.6. The zero-order valence-corrected chi connectivity index (χ0v) is 29.8. The number of rotatable bonds is 3. The molecule has 3 aliphatic rings. The first kappa shape index (κ1) is 28.9. The Morgan fingerprint density at radius 3 is 1.87 bits per heavy atom. The van der Waals surface area contributed by atoms with Crippen LogP contribution in [-0.4, -0.2) is 8.07 Å². The highest BCUT2D eigenvalue weighted by molar-refractivity contribution is 8.00. The molecule has 1 nitrogen and oxygen atoms in total. The summed E-state index contributed by atoms with van der Waals surface area (Å²) in [5.74, 6) is 0. The van der Waals surface area contributed by atoms with Gasteiger partial charge < -0.3 is 4.90 Å². The molecule has 0 saturated heterocycles. The summed E-state index contributed by atoms with van der Waals surface area (Å²) < 4.78 is 0. The van der Waals surface area contributed by atoms with Crippen LogP contribution in [0.3, 0.4) is 0 Å². The monoisotopic (exact) mass is 641 g/mol. The van der Waals surface area contributed by atoms with E-state index in [0.29, 0.717) is 0 Å². The first-order chi connectivity index (χ1) is 22.6. The summed E-state index contributed by atoms with van der Waals surface area (Å²) in [7, 11) is -2.05. The third kappa shape index (κ3) is 3.90. The van der Waals surface area contributed by atoms with E-state index >= 15 is 0 Å². The van der Waals surface area contributed by atoms with Crippen molar-refractivity contribution in [3.8, 4) is 22.3 Å². The molecule has 6 aromatic carbocycles. The van der Waals surface area contributed by atoms with Crippen LogP contribution in [0.15, 0.2) is 137 Å². The molecule has 230 valence electrons. The van der Waals surface area contributed by atoms with E-state index in [1.807, 2.05) is 11.8 Å². The van der Waals surface area contributed by atoms with Crippen LogP contribution in [-0.2, 0) is 10.8 Å². The van der Waals surface area contributed by atoms with Gasteiger partial charge in [-0.3, -0.25) is 0 Å². The normalized spacial score (nSPS) is 16.7. The summed E-state index contributed by atoms with van der Waals surface area (Å²) in [4.78, 5) is 5.39. The highest BCUT2D eigenvalue weighted by Gasteiger charge is 2.44. The molecule has 9 rings (SSSR count). The lowest BCUT2D eigenvalue weighted by Gasteiger charge is -2.38. The van der Waals surface area contributed by atoms with Crippen LogP contribution < -0.4 is 15.3 Å². The van der Waals surface area contributed by atoms with Crippen LogP contribution in [0.2, 0.25) is 13.1 Å². The van der Waals surface area contributed by atoms with Gasteiger partial charge in [0.25, 0.3) is 0 Å². The fourth-order valence-corrected chi connectivity index (χ4v) is 14.4. The Morgan fingerprint density at radius 2 is 1.11 bits per heavy atom. The maximum Gasteiger partial charge on any atom is 0.115 e. The number of hydrogen-bond donors (Lipinski definition) is 0. The fourth-order valence-electron chi connectivity index (χ4n) is 8.74. The number of fused-ring (bicyclic) bond motifs is 9. The fraction of sp³-hybridized carbons (Fsp3) is 0.182. The van der Waals surface area contributed by atoms with Gasteiger partial charge >= 0.3 is 0 Å². The molecule has 1 aliphatic heterocycles. The zero-order valence-electron chi connectivity index (χ0n) is 28.0. The van der Waals surface area contributed by atoms with Crippen molar-refractivity contribution in [2.45, 2.75) is 61.4 Å². The number of para-hydroxylation sites is 1. The predicted octanol–water partition coefficient (Wildman–Crippen LogP) is 11.1. The van der Waals surface area contributed by atoms with E-state index in [-0.39, 0.29) is 10.8 Å². The van der Waals surface area contributed by atoms with Crippen molar-refractivity contribution < 1.29 is 0 Å². The Balaban J connectivity index is 1.27. The number of hydrogen-bond acceptors (Lipinski definition) is 2. The first-order valence-electron chi connectivity index (χ1n) is 16.8. The number of benzene rings is 6. The molecule has 0 amide bonds. The third-order valence-electron chi connectivity index (χ3n) is 11.3. The molecule has 0 saturated carbocycles. The molecule has 1 heterocycles. The van der Waals surface area contributed by atoms with Gasteiger partial charge in [-0.05, 0) is 85.2 Å². The van der Waals surface area contributed by atoms with E-state index < -0.39 is 8.07 Å². The summed E-state index contributed by atoms with van der Waals surface area (Å²) >= 11 is 2.01. The molecule has 0 bridgehead atoms. The van der Waals surface area contributed by atoms with E-state index in [1.54, 1.807) is 5.19 Å². The molecule has 0 unspecified atom stereocenters. The minimum Gasteiger partial charge on any atom is -0.309 e. The average molecular weight is 642 g/mol. The van der Waals surface area contributed by atoms with E-state index in [1.165, 1.54) is 76.5 Å². The predicted molar refractivity (Wildman–Crippen MR) is 204 cm³/mol. The molecule has 0 atom stereocenters. The van der Waals surface area contributed by atoms with Gasteiger partial charge in [0, 0.05) is 32.0 Å². The highest BCUT2D eigenvalue weighted by Crippen LogP contribution is 2.55. The van der Waals surface area contributed by atoms with Crippen molar-refractivity contribution in [3.63, 3.8) is 0 Å². The highest BCUT2D eigenvalue weighted by atomic mass is 32.2. The molecule has 3 heteroatoms. The van der Waals surface area contributed by atoms with Crippen LogP contribution in [0.25, 0.3) is 22.3 Å². The van der Waals surface area contributed by atoms with Crippen LogP contribution in [0, 0.1) is 0 Å². The molecular formula is C44H39NSSi. The van der Waals surface area contributed by atoms with Crippen molar-refractivity contribution >= 4 is 47.3 Å². The Morgan fingerprint density at radius 1 is 0.489 bits per heavy atom. The Labute approximate surface area is 284 Å². The van der Waals surface area contributed by atoms with Crippen molar-refractivity contribution in [1.82, 2.24) is 0 Å². The standard InChI is InChI=1S/C44H39NSSi/c1-43(2)34-20-13-11-18-32(34)40-35(43)25-26-39-42(40)46-41-37(21-14-22-38(41)47(39,5)6)45(28-15-8-7-9-16-28)29-23-24-31-30-17-10-12-19-33(30)44(3,4)36(31)27-29/h7-27H,1-6H3. The minimum atomic E-state index is -2.05. The maximum atomic E-state index is 2.55. The Bertz CT molecular complexity index is 2260. The molecule has 6 aromatic rings. The summed E-state index contributed by atoms with van der Waals surface area (Å²) in [6.07, 6.45) is 0. The zero-order chi connectivity index (χ0) is 32.3. The Kier molecular flexibility index (Phi) is 6.05. The van der Waals surface area contributed by atoms with E-state index in [4.69, 9.17) is 0 Å². The molecule has 0 aromatic heterocycles. The van der Waals surface area contributed by atoms with Crippen molar-refractivity contribution in [1.29, 1.82) is 0 Å². The Hall–Kier alpha value is -4.31. The molecule has 47 heavy (non-hydrogen) atoms. The SMILES string of the molecule is CC1(C)c2ccccc2-c2ccc(N(c3ccccc3)c3cccc4c3Sc3c(ccc5c3-c3ccccc3C5(C)C)[Si]4(C)C)cc21. The van der Waals surface area contributed by atoms with Gasteiger partial charge in [-0.1, -0.05) is 150 Å². The van der Waals surface area contributed by atoms with Gasteiger partial charge in [0.2, 0.25) is 0 Å². The van der Waals surface area contributed by atoms with Gasteiger partial charge in [-0.25, -0.2) is 0 Å². The molecule has 0 radical (unpaired) electrons. The maximum absolute atomic E-state index is 2.55. The second-order valence-corrected chi connectivity index (χ2v) is 20.3. The molecule has 0 spiro atoms. The summed E-state index contributed by atoms with van der Waals surface area (Å²) in [5.41, 5.74) is 14.9. The van der Waals surface area contributed by atoms with E-state index in [2.05, 4.69) is 173 Å². The van der Waals surface area contributed by atoms with Crippen LogP contribution in [0.4, 0.5) is 17.1 Å². The minimum absolute atomic E-state index is 0.0160. The number of anilines is 3. The quantitative estimate of drug-likeness (QED) is 0.177. The van der Waals surface area contributed by atoms with Crippen LogP contribution >= 0.6 is 11.8 Å². The lowest BCUT2D eigenvalue weighted by Crippen LogP contribution is -2.56. The average Bonchev–Trinajstić information content (AvgIpc) is 3.45. The lowest BCUT2D eigenvalue weighted by molar-refractivity contribution is 0.660. The van der Waals surface area contributed by atoms with Crippen molar-refractivity contribution in [3.05, 3.63) is 150 Å². The topological polar surface area (TPSA) is 3.24 Å². The third-order valence-corrected chi connectivity index (χ3v) is 16.5. The summed E-state index contributed by atoms with van der Waals surface area (Å²) in [5, 5.41) is 3.08. The van der Waals surface area contributed by atoms with Gasteiger partial charge in [-0.15, -0.1) is 0 Å². The lowest BCUT2D eigenvalue weighted by atomic mass is 9.82.